The quantitative estimate of drug-likeness (QED) is 0.732. The summed E-state index contributed by atoms with van der Waals surface area (Å²) in [5.74, 6) is 1.20. The van der Waals surface area contributed by atoms with Gasteiger partial charge in [-0.05, 0) is 24.1 Å². The molecule has 0 aromatic heterocycles. The van der Waals surface area contributed by atoms with Crippen LogP contribution in [0.25, 0.3) is 5.70 Å². The molecule has 2 aromatic rings. The second-order valence-corrected chi connectivity index (χ2v) is 5.20. The fraction of sp³-hybridized carbons (Fsp3) is 0.211. The molecule has 2 rings (SSSR count). The SMILES string of the molecule is C=C(NNC(=O)CCc1ccccc1)c1ccc(OC)cc1OC. The summed E-state index contributed by atoms with van der Waals surface area (Å²) in [5, 5.41) is 0. The minimum absolute atomic E-state index is 0.104. The van der Waals surface area contributed by atoms with E-state index in [-0.39, 0.29) is 5.91 Å². The lowest BCUT2D eigenvalue weighted by atomic mass is 10.1. The molecule has 0 fully saturated rings. The third-order valence-electron chi connectivity index (χ3n) is 3.57. The zero-order chi connectivity index (χ0) is 17.4. The fourth-order valence-corrected chi connectivity index (χ4v) is 2.23. The van der Waals surface area contributed by atoms with E-state index in [4.69, 9.17) is 9.47 Å². The maximum Gasteiger partial charge on any atom is 0.238 e. The Kier molecular flexibility index (Phi) is 6.25. The van der Waals surface area contributed by atoms with Crippen LogP contribution in [0.15, 0.2) is 55.1 Å². The lowest BCUT2D eigenvalue weighted by Gasteiger charge is -2.15. The van der Waals surface area contributed by atoms with Crippen molar-refractivity contribution in [2.75, 3.05) is 14.2 Å². The second kappa shape index (κ2) is 8.62. The number of hydrogen-bond acceptors (Lipinski definition) is 4. The summed E-state index contributed by atoms with van der Waals surface area (Å²) in [7, 11) is 3.17. The van der Waals surface area contributed by atoms with Crippen molar-refractivity contribution in [3.05, 3.63) is 66.2 Å². The Labute approximate surface area is 142 Å². The van der Waals surface area contributed by atoms with Crippen molar-refractivity contribution in [2.24, 2.45) is 0 Å². The molecule has 5 nitrogen and oxygen atoms in total. The highest BCUT2D eigenvalue weighted by atomic mass is 16.5. The molecule has 2 aromatic carbocycles. The predicted octanol–water partition coefficient (Wildman–Crippen LogP) is 2.93. The van der Waals surface area contributed by atoms with Gasteiger partial charge in [0.15, 0.2) is 0 Å². The lowest BCUT2D eigenvalue weighted by molar-refractivity contribution is -0.121. The van der Waals surface area contributed by atoms with E-state index in [2.05, 4.69) is 17.4 Å². The summed E-state index contributed by atoms with van der Waals surface area (Å²) in [6.07, 6.45) is 1.08. The molecule has 5 heteroatoms. The molecular formula is C19H22N2O3. The number of aryl methyl sites for hydroxylation is 1. The van der Waals surface area contributed by atoms with Crippen LogP contribution >= 0.6 is 0 Å². The second-order valence-electron chi connectivity index (χ2n) is 5.20. The third kappa shape index (κ3) is 4.78. The Morgan fingerprint density at radius 3 is 2.46 bits per heavy atom. The molecule has 24 heavy (non-hydrogen) atoms. The van der Waals surface area contributed by atoms with Crippen LogP contribution in [0.2, 0.25) is 0 Å². The summed E-state index contributed by atoms with van der Waals surface area (Å²) in [4.78, 5) is 11.9. The Bertz CT molecular complexity index is 699. The summed E-state index contributed by atoms with van der Waals surface area (Å²) in [6.45, 7) is 3.93. The van der Waals surface area contributed by atoms with Gasteiger partial charge in [-0.1, -0.05) is 36.9 Å². The van der Waals surface area contributed by atoms with Gasteiger partial charge in [-0.2, -0.15) is 0 Å². The van der Waals surface area contributed by atoms with Crippen molar-refractivity contribution in [2.45, 2.75) is 12.8 Å². The molecule has 0 atom stereocenters. The maximum absolute atomic E-state index is 11.9. The first-order valence-electron chi connectivity index (χ1n) is 7.64. The maximum atomic E-state index is 11.9. The molecule has 126 valence electrons. The van der Waals surface area contributed by atoms with Crippen LogP contribution in [0.5, 0.6) is 11.5 Å². The number of rotatable bonds is 8. The zero-order valence-electron chi connectivity index (χ0n) is 14.0. The van der Waals surface area contributed by atoms with Crippen molar-refractivity contribution in [1.82, 2.24) is 10.9 Å². The van der Waals surface area contributed by atoms with E-state index < -0.39 is 0 Å². The van der Waals surface area contributed by atoms with Crippen LogP contribution in [-0.2, 0) is 11.2 Å². The highest BCUT2D eigenvalue weighted by Gasteiger charge is 2.09. The smallest absolute Gasteiger partial charge is 0.238 e. The zero-order valence-corrected chi connectivity index (χ0v) is 14.0. The molecule has 0 aliphatic carbocycles. The largest absolute Gasteiger partial charge is 0.497 e. The van der Waals surface area contributed by atoms with Gasteiger partial charge in [-0.3, -0.25) is 15.6 Å². The van der Waals surface area contributed by atoms with Gasteiger partial charge in [-0.15, -0.1) is 0 Å². The average molecular weight is 326 g/mol. The topological polar surface area (TPSA) is 59.6 Å². The fourth-order valence-electron chi connectivity index (χ4n) is 2.23. The molecule has 0 bridgehead atoms. The Morgan fingerprint density at radius 1 is 1.04 bits per heavy atom. The normalized spacial score (nSPS) is 9.92. The van der Waals surface area contributed by atoms with Gasteiger partial charge < -0.3 is 9.47 Å². The highest BCUT2D eigenvalue weighted by molar-refractivity contribution is 5.78. The van der Waals surface area contributed by atoms with Gasteiger partial charge in [0.1, 0.15) is 11.5 Å². The first-order valence-corrected chi connectivity index (χ1v) is 7.64. The van der Waals surface area contributed by atoms with Crippen LogP contribution < -0.4 is 20.3 Å². The van der Waals surface area contributed by atoms with Crippen molar-refractivity contribution in [3.8, 4) is 11.5 Å². The number of benzene rings is 2. The van der Waals surface area contributed by atoms with E-state index in [0.717, 1.165) is 11.1 Å². The Hall–Kier alpha value is -2.95. The first-order chi connectivity index (χ1) is 11.6. The van der Waals surface area contributed by atoms with Gasteiger partial charge >= 0.3 is 0 Å². The molecule has 0 heterocycles. The Morgan fingerprint density at radius 2 is 1.79 bits per heavy atom. The highest BCUT2D eigenvalue weighted by Crippen LogP contribution is 2.27. The third-order valence-corrected chi connectivity index (χ3v) is 3.57. The van der Waals surface area contributed by atoms with Gasteiger partial charge in [-0.25, -0.2) is 0 Å². The van der Waals surface area contributed by atoms with Crippen molar-refractivity contribution in [1.29, 1.82) is 0 Å². The van der Waals surface area contributed by atoms with E-state index in [0.29, 0.717) is 30.0 Å². The predicted molar refractivity (Wildman–Crippen MR) is 94.6 cm³/mol. The van der Waals surface area contributed by atoms with Crippen LogP contribution in [0.4, 0.5) is 0 Å². The van der Waals surface area contributed by atoms with Crippen LogP contribution in [0.3, 0.4) is 0 Å². The van der Waals surface area contributed by atoms with Gasteiger partial charge in [0.25, 0.3) is 0 Å². The summed E-state index contributed by atoms with van der Waals surface area (Å²) in [5.41, 5.74) is 7.91. The van der Waals surface area contributed by atoms with E-state index in [1.54, 1.807) is 20.3 Å². The number of ether oxygens (including phenoxy) is 2. The number of amides is 1. The lowest BCUT2D eigenvalue weighted by Crippen LogP contribution is -2.36. The summed E-state index contributed by atoms with van der Waals surface area (Å²) in [6, 6.07) is 15.3. The minimum atomic E-state index is -0.104. The molecular weight excluding hydrogens is 304 g/mol. The number of hydrazine groups is 1. The molecule has 0 saturated heterocycles. The van der Waals surface area contributed by atoms with E-state index in [9.17, 15) is 4.79 Å². The molecule has 1 amide bonds. The minimum Gasteiger partial charge on any atom is -0.497 e. The van der Waals surface area contributed by atoms with Gasteiger partial charge in [0.2, 0.25) is 5.91 Å². The molecule has 0 aliphatic rings. The van der Waals surface area contributed by atoms with Crippen molar-refractivity contribution in [3.63, 3.8) is 0 Å². The van der Waals surface area contributed by atoms with Crippen LogP contribution in [0, 0.1) is 0 Å². The first kappa shape index (κ1) is 17.4. The van der Waals surface area contributed by atoms with Crippen molar-refractivity contribution < 1.29 is 14.3 Å². The molecule has 0 aliphatic heterocycles. The van der Waals surface area contributed by atoms with Crippen LogP contribution in [-0.4, -0.2) is 20.1 Å². The van der Waals surface area contributed by atoms with Gasteiger partial charge in [0.05, 0.1) is 19.9 Å². The number of nitrogens with one attached hydrogen (secondary N) is 2. The standard InChI is InChI=1S/C19H22N2O3/c1-14(17-11-10-16(23-2)13-18(17)24-3)20-21-19(22)12-9-15-7-5-4-6-8-15/h4-8,10-11,13,20H,1,9,12H2,2-3H3,(H,21,22). The van der Waals surface area contributed by atoms with Crippen molar-refractivity contribution >= 4 is 11.6 Å². The van der Waals surface area contributed by atoms with E-state index in [1.165, 1.54) is 0 Å². The molecule has 2 N–H and O–H groups in total. The molecule has 0 spiro atoms. The van der Waals surface area contributed by atoms with Crippen LogP contribution in [0.1, 0.15) is 17.5 Å². The summed E-state index contributed by atoms with van der Waals surface area (Å²) >= 11 is 0. The molecule has 0 unspecified atom stereocenters. The number of hydrogen-bond donors (Lipinski definition) is 2. The number of carbonyl (C=O) groups excluding carboxylic acids is 1. The molecule has 0 saturated carbocycles. The summed E-state index contributed by atoms with van der Waals surface area (Å²) < 4.78 is 10.5. The number of methoxy groups -OCH3 is 2. The molecule has 0 radical (unpaired) electrons. The number of carbonyl (C=O) groups is 1. The van der Waals surface area contributed by atoms with E-state index >= 15 is 0 Å². The van der Waals surface area contributed by atoms with E-state index in [1.807, 2.05) is 42.5 Å². The monoisotopic (exact) mass is 326 g/mol. The average Bonchev–Trinajstić information content (AvgIpc) is 2.64. The Balaban J connectivity index is 1.87. The van der Waals surface area contributed by atoms with Gasteiger partial charge in [0, 0.05) is 18.1 Å².